The maximum atomic E-state index is 5.68. The van der Waals surface area contributed by atoms with E-state index in [-0.39, 0.29) is 5.60 Å². The van der Waals surface area contributed by atoms with Gasteiger partial charge in [-0.2, -0.15) is 0 Å². The second-order valence-corrected chi connectivity index (χ2v) is 4.80. The van der Waals surface area contributed by atoms with Gasteiger partial charge in [-0.3, -0.25) is 0 Å². The Morgan fingerprint density at radius 2 is 2.00 bits per heavy atom. The van der Waals surface area contributed by atoms with Crippen molar-refractivity contribution in [2.75, 3.05) is 6.61 Å². The molecule has 2 atom stereocenters. The highest BCUT2D eigenvalue weighted by Gasteiger charge is 2.55. The molecule has 0 aromatic rings. The van der Waals surface area contributed by atoms with Gasteiger partial charge in [-0.05, 0) is 38.0 Å². The Morgan fingerprint density at radius 3 is 2.50 bits per heavy atom. The van der Waals surface area contributed by atoms with Crippen molar-refractivity contribution in [2.45, 2.75) is 39.2 Å². The Hall–Kier alpha value is -0.0400. The van der Waals surface area contributed by atoms with Crippen molar-refractivity contribution < 1.29 is 4.74 Å². The molecule has 1 heterocycles. The van der Waals surface area contributed by atoms with Crippen LogP contribution in [0.25, 0.3) is 0 Å². The van der Waals surface area contributed by atoms with E-state index in [0.29, 0.717) is 5.41 Å². The summed E-state index contributed by atoms with van der Waals surface area (Å²) in [6.45, 7) is 7.80. The lowest BCUT2D eigenvalue weighted by Gasteiger charge is -2.33. The zero-order valence-corrected chi connectivity index (χ0v) is 7.11. The molecule has 1 nitrogen and oxygen atoms in total. The van der Waals surface area contributed by atoms with Crippen LogP contribution in [-0.4, -0.2) is 12.2 Å². The van der Waals surface area contributed by atoms with E-state index in [0.717, 1.165) is 12.5 Å². The van der Waals surface area contributed by atoms with E-state index >= 15 is 0 Å². The summed E-state index contributed by atoms with van der Waals surface area (Å²) in [6, 6.07) is 0. The maximum absolute atomic E-state index is 5.68. The van der Waals surface area contributed by atoms with E-state index < -0.39 is 0 Å². The molecule has 0 aromatic carbocycles. The molecule has 2 aliphatic rings. The van der Waals surface area contributed by atoms with Crippen molar-refractivity contribution in [3.63, 3.8) is 0 Å². The minimum atomic E-state index is 0.155. The Kier molecular flexibility index (Phi) is 1.05. The Bertz CT molecular complexity index is 159. The molecule has 0 N–H and O–H groups in total. The Balaban J connectivity index is 2.09. The van der Waals surface area contributed by atoms with Crippen LogP contribution in [0.15, 0.2) is 0 Å². The minimum absolute atomic E-state index is 0.155. The normalized spacial score (nSPS) is 50.1. The van der Waals surface area contributed by atoms with Crippen LogP contribution in [0, 0.1) is 11.3 Å². The molecule has 2 fully saturated rings. The molecular formula is C9H16O. The van der Waals surface area contributed by atoms with Crippen LogP contribution >= 0.6 is 0 Å². The van der Waals surface area contributed by atoms with Gasteiger partial charge in [-0.25, -0.2) is 0 Å². The second kappa shape index (κ2) is 1.58. The Morgan fingerprint density at radius 1 is 1.30 bits per heavy atom. The molecule has 0 amide bonds. The molecule has 1 aliphatic heterocycles. The molecule has 0 bridgehead atoms. The van der Waals surface area contributed by atoms with E-state index in [9.17, 15) is 0 Å². The van der Waals surface area contributed by atoms with Crippen molar-refractivity contribution in [1.29, 1.82) is 0 Å². The molecular weight excluding hydrogens is 124 g/mol. The zero-order valence-electron chi connectivity index (χ0n) is 7.11. The molecule has 0 radical (unpaired) electrons. The standard InChI is InChI=1S/C9H16O/c1-8(2)6-9(3)4-7(9)5-10-8/h7H,4-6H2,1-3H3/t7?,9-/m0/s1. The van der Waals surface area contributed by atoms with E-state index in [1.54, 1.807) is 0 Å². The van der Waals surface area contributed by atoms with E-state index in [4.69, 9.17) is 4.74 Å². The lowest BCUT2D eigenvalue weighted by atomic mass is 9.88. The summed E-state index contributed by atoms with van der Waals surface area (Å²) in [4.78, 5) is 0. The van der Waals surface area contributed by atoms with Crippen LogP contribution in [0.3, 0.4) is 0 Å². The first-order valence-corrected chi connectivity index (χ1v) is 4.16. The molecule has 1 saturated carbocycles. The molecule has 10 heavy (non-hydrogen) atoms. The fraction of sp³-hybridized carbons (Fsp3) is 1.00. The molecule has 1 aliphatic carbocycles. The van der Waals surface area contributed by atoms with Crippen molar-refractivity contribution in [3.05, 3.63) is 0 Å². The molecule has 2 rings (SSSR count). The fourth-order valence-corrected chi connectivity index (χ4v) is 2.33. The maximum Gasteiger partial charge on any atom is 0.0632 e. The van der Waals surface area contributed by atoms with Crippen molar-refractivity contribution >= 4 is 0 Å². The average molecular weight is 140 g/mol. The lowest BCUT2D eigenvalue weighted by Crippen LogP contribution is -2.33. The third kappa shape index (κ3) is 0.878. The van der Waals surface area contributed by atoms with Gasteiger partial charge in [0.1, 0.15) is 0 Å². The second-order valence-electron chi connectivity index (χ2n) is 4.80. The van der Waals surface area contributed by atoms with Crippen molar-refractivity contribution in [1.82, 2.24) is 0 Å². The first-order chi connectivity index (χ1) is 4.52. The van der Waals surface area contributed by atoms with Crippen LogP contribution in [0.2, 0.25) is 0 Å². The van der Waals surface area contributed by atoms with Gasteiger partial charge >= 0.3 is 0 Å². The first-order valence-electron chi connectivity index (χ1n) is 4.16. The summed E-state index contributed by atoms with van der Waals surface area (Å²) < 4.78 is 5.68. The van der Waals surface area contributed by atoms with Crippen LogP contribution in [-0.2, 0) is 4.74 Å². The van der Waals surface area contributed by atoms with E-state index in [1.807, 2.05) is 0 Å². The third-order valence-electron chi connectivity index (χ3n) is 3.04. The minimum Gasteiger partial charge on any atom is -0.375 e. The zero-order chi connectivity index (χ0) is 7.41. The largest absolute Gasteiger partial charge is 0.375 e. The lowest BCUT2D eigenvalue weighted by molar-refractivity contribution is -0.0723. The summed E-state index contributed by atoms with van der Waals surface area (Å²) in [5.41, 5.74) is 0.809. The highest BCUT2D eigenvalue weighted by Crippen LogP contribution is 2.60. The third-order valence-corrected chi connectivity index (χ3v) is 3.04. The van der Waals surface area contributed by atoms with Crippen LogP contribution in [0.1, 0.15) is 33.6 Å². The highest BCUT2D eigenvalue weighted by atomic mass is 16.5. The summed E-state index contributed by atoms with van der Waals surface area (Å²) in [6.07, 6.45) is 2.65. The van der Waals surface area contributed by atoms with Crippen LogP contribution < -0.4 is 0 Å². The number of hydrogen-bond donors (Lipinski definition) is 0. The van der Waals surface area contributed by atoms with Crippen LogP contribution in [0.5, 0.6) is 0 Å². The summed E-state index contributed by atoms with van der Waals surface area (Å²) in [7, 11) is 0. The van der Waals surface area contributed by atoms with Gasteiger partial charge in [0.25, 0.3) is 0 Å². The summed E-state index contributed by atoms with van der Waals surface area (Å²) in [5, 5.41) is 0. The number of ether oxygens (including phenoxy) is 1. The van der Waals surface area contributed by atoms with Gasteiger partial charge < -0.3 is 4.74 Å². The van der Waals surface area contributed by atoms with Gasteiger partial charge in [0.2, 0.25) is 0 Å². The van der Waals surface area contributed by atoms with Crippen molar-refractivity contribution in [2.24, 2.45) is 11.3 Å². The molecule has 1 heteroatoms. The summed E-state index contributed by atoms with van der Waals surface area (Å²) in [5.74, 6) is 0.889. The molecule has 0 aromatic heterocycles. The molecule has 1 saturated heterocycles. The monoisotopic (exact) mass is 140 g/mol. The predicted molar refractivity (Wildman–Crippen MR) is 40.9 cm³/mol. The fourth-order valence-electron chi connectivity index (χ4n) is 2.33. The quantitative estimate of drug-likeness (QED) is 0.501. The number of hydrogen-bond acceptors (Lipinski definition) is 1. The van der Waals surface area contributed by atoms with Gasteiger partial charge in [0, 0.05) is 0 Å². The van der Waals surface area contributed by atoms with Crippen LogP contribution in [0.4, 0.5) is 0 Å². The average Bonchev–Trinajstić information content (AvgIpc) is 2.35. The predicted octanol–water partition coefficient (Wildman–Crippen LogP) is 2.21. The van der Waals surface area contributed by atoms with E-state index in [2.05, 4.69) is 20.8 Å². The van der Waals surface area contributed by atoms with E-state index in [1.165, 1.54) is 12.8 Å². The highest BCUT2D eigenvalue weighted by molar-refractivity contribution is 5.04. The molecule has 1 unspecified atom stereocenters. The topological polar surface area (TPSA) is 9.23 Å². The molecule has 58 valence electrons. The van der Waals surface area contributed by atoms with Gasteiger partial charge in [0.15, 0.2) is 0 Å². The summed E-state index contributed by atoms with van der Waals surface area (Å²) >= 11 is 0. The number of rotatable bonds is 0. The van der Waals surface area contributed by atoms with Gasteiger partial charge in [-0.15, -0.1) is 0 Å². The number of fused-ring (bicyclic) bond motifs is 1. The Labute approximate surface area is 62.8 Å². The van der Waals surface area contributed by atoms with Crippen molar-refractivity contribution in [3.8, 4) is 0 Å². The first kappa shape index (κ1) is 6.66. The molecule has 0 spiro atoms. The van der Waals surface area contributed by atoms with Gasteiger partial charge in [0.05, 0.1) is 12.2 Å². The SMILES string of the molecule is CC1(C)C[C@]2(C)CC2CO1. The smallest absolute Gasteiger partial charge is 0.0632 e. The van der Waals surface area contributed by atoms with Gasteiger partial charge in [-0.1, -0.05) is 6.92 Å².